The van der Waals surface area contributed by atoms with Crippen molar-refractivity contribution in [3.05, 3.63) is 68.7 Å². The topological polar surface area (TPSA) is 44.1 Å². The molecule has 1 aromatic heterocycles. The summed E-state index contributed by atoms with van der Waals surface area (Å²) < 4.78 is 20.8. The van der Waals surface area contributed by atoms with Crippen LogP contribution in [-0.2, 0) is 11.3 Å². The van der Waals surface area contributed by atoms with E-state index in [1.165, 1.54) is 23.9 Å². The normalized spacial score (nSPS) is 12.5. The molecule has 0 saturated heterocycles. The van der Waals surface area contributed by atoms with Gasteiger partial charge in [0.25, 0.3) is 5.56 Å². The lowest BCUT2D eigenvalue weighted by Crippen LogP contribution is -2.25. The van der Waals surface area contributed by atoms with E-state index in [1.54, 1.807) is 29.9 Å². The highest BCUT2D eigenvalue weighted by Crippen LogP contribution is 2.34. The Hall–Kier alpha value is -1.70. The van der Waals surface area contributed by atoms with E-state index in [9.17, 15) is 9.18 Å². The molecule has 0 spiro atoms. The van der Waals surface area contributed by atoms with E-state index in [4.69, 9.17) is 4.74 Å². The van der Waals surface area contributed by atoms with Crippen LogP contribution in [0, 0.1) is 5.82 Å². The molecule has 0 N–H and O–H groups in total. The molecule has 136 valence electrons. The fourth-order valence-electron chi connectivity index (χ4n) is 2.60. The quantitative estimate of drug-likeness (QED) is 0.411. The Morgan fingerprint density at radius 3 is 2.69 bits per heavy atom. The summed E-state index contributed by atoms with van der Waals surface area (Å²) in [6.07, 6.45) is 0. The number of methoxy groups -OCH3 is 1. The van der Waals surface area contributed by atoms with Gasteiger partial charge in [-0.2, -0.15) is 0 Å². The third kappa shape index (κ3) is 4.16. The van der Waals surface area contributed by atoms with Crippen molar-refractivity contribution in [2.45, 2.75) is 23.9 Å². The van der Waals surface area contributed by atoms with Crippen LogP contribution in [0.4, 0.5) is 4.39 Å². The fraction of sp³-hybridized carbons (Fsp3) is 0.263. The van der Waals surface area contributed by atoms with Crippen LogP contribution < -0.4 is 5.56 Å². The molecular formula is C19H18BrFN2O2S. The van der Waals surface area contributed by atoms with Gasteiger partial charge in [0.05, 0.1) is 24.1 Å². The first-order valence-corrected chi connectivity index (χ1v) is 9.78. The van der Waals surface area contributed by atoms with E-state index in [0.717, 1.165) is 10.0 Å². The Balaban J connectivity index is 2.03. The minimum atomic E-state index is -0.266. The maximum absolute atomic E-state index is 13.2. The molecule has 0 saturated carbocycles. The number of benzene rings is 2. The molecule has 4 nitrogen and oxygen atoms in total. The zero-order valence-corrected chi connectivity index (χ0v) is 16.8. The third-order valence-corrected chi connectivity index (χ3v) is 5.66. The molecular weight excluding hydrogens is 419 g/mol. The van der Waals surface area contributed by atoms with Crippen LogP contribution in [0.5, 0.6) is 0 Å². The third-order valence-electron chi connectivity index (χ3n) is 4.02. The van der Waals surface area contributed by atoms with Crippen molar-refractivity contribution in [3.8, 4) is 0 Å². The number of hydrogen-bond acceptors (Lipinski definition) is 4. The van der Waals surface area contributed by atoms with Gasteiger partial charge in [-0.1, -0.05) is 39.8 Å². The molecule has 0 amide bonds. The molecule has 3 aromatic rings. The summed E-state index contributed by atoms with van der Waals surface area (Å²) in [6, 6.07) is 11.9. The van der Waals surface area contributed by atoms with E-state index in [-0.39, 0.29) is 16.6 Å². The van der Waals surface area contributed by atoms with Crippen molar-refractivity contribution >= 4 is 38.6 Å². The summed E-state index contributed by atoms with van der Waals surface area (Å²) in [5, 5.41) is 1.21. The maximum atomic E-state index is 13.2. The van der Waals surface area contributed by atoms with Crippen molar-refractivity contribution in [2.24, 2.45) is 0 Å². The minimum absolute atomic E-state index is 0.0178. The van der Waals surface area contributed by atoms with Crippen LogP contribution >= 0.6 is 27.7 Å². The number of hydrogen-bond donors (Lipinski definition) is 0. The Labute approximate surface area is 163 Å². The van der Waals surface area contributed by atoms with Crippen molar-refractivity contribution < 1.29 is 9.13 Å². The maximum Gasteiger partial charge on any atom is 0.262 e. The predicted octanol–water partition coefficient (Wildman–Crippen LogP) is 4.80. The molecule has 0 fully saturated rings. The van der Waals surface area contributed by atoms with E-state index in [0.29, 0.717) is 29.2 Å². The first kappa shape index (κ1) is 19.1. The van der Waals surface area contributed by atoms with Gasteiger partial charge >= 0.3 is 0 Å². The Bertz CT molecular complexity index is 976. The summed E-state index contributed by atoms with van der Waals surface area (Å²) >= 11 is 4.88. The van der Waals surface area contributed by atoms with Gasteiger partial charge in [0, 0.05) is 16.8 Å². The number of thioether (sulfide) groups is 1. The van der Waals surface area contributed by atoms with Gasteiger partial charge in [-0.15, -0.1) is 0 Å². The molecule has 7 heteroatoms. The smallest absolute Gasteiger partial charge is 0.262 e. The molecule has 1 unspecified atom stereocenters. The van der Waals surface area contributed by atoms with Crippen molar-refractivity contribution in [1.82, 2.24) is 9.55 Å². The van der Waals surface area contributed by atoms with Crippen LogP contribution in [0.25, 0.3) is 10.9 Å². The molecule has 0 aliphatic rings. The molecule has 0 bridgehead atoms. The van der Waals surface area contributed by atoms with Gasteiger partial charge in [-0.3, -0.25) is 9.36 Å². The molecule has 0 aliphatic heterocycles. The zero-order chi connectivity index (χ0) is 18.7. The lowest BCUT2D eigenvalue weighted by atomic mass is 10.2. The standard InChI is InChI=1S/C19H18BrFN2O2S/c1-12(13-3-6-15(21)7-4-13)26-19-22-17-8-5-14(20)11-16(17)18(24)23(19)9-10-25-2/h3-8,11-12H,9-10H2,1-2H3. The number of rotatable bonds is 6. The van der Waals surface area contributed by atoms with E-state index < -0.39 is 0 Å². The minimum Gasteiger partial charge on any atom is -0.383 e. The van der Waals surface area contributed by atoms with Gasteiger partial charge in [0.15, 0.2) is 5.16 Å². The Morgan fingerprint density at radius 2 is 2.00 bits per heavy atom. The predicted molar refractivity (Wildman–Crippen MR) is 106 cm³/mol. The molecule has 0 aliphatic carbocycles. The second kappa shape index (κ2) is 8.33. The van der Waals surface area contributed by atoms with Gasteiger partial charge in [-0.05, 0) is 42.8 Å². The summed E-state index contributed by atoms with van der Waals surface area (Å²) in [5.41, 5.74) is 1.53. The largest absolute Gasteiger partial charge is 0.383 e. The number of nitrogens with zero attached hydrogens (tertiary/aromatic N) is 2. The zero-order valence-electron chi connectivity index (χ0n) is 14.4. The molecule has 1 heterocycles. The highest BCUT2D eigenvalue weighted by Gasteiger charge is 2.16. The average molecular weight is 437 g/mol. The van der Waals surface area contributed by atoms with Crippen LogP contribution in [0.15, 0.2) is 56.9 Å². The molecule has 0 radical (unpaired) electrons. The summed E-state index contributed by atoms with van der Waals surface area (Å²) in [6.45, 7) is 2.85. The molecule has 2 aromatic carbocycles. The van der Waals surface area contributed by atoms with Crippen molar-refractivity contribution in [1.29, 1.82) is 0 Å². The van der Waals surface area contributed by atoms with Crippen LogP contribution in [0.3, 0.4) is 0 Å². The monoisotopic (exact) mass is 436 g/mol. The Kier molecular flexibility index (Phi) is 6.11. The summed E-state index contributed by atoms with van der Waals surface area (Å²) in [4.78, 5) is 17.6. The summed E-state index contributed by atoms with van der Waals surface area (Å²) in [5.74, 6) is -0.266. The SMILES string of the molecule is COCCn1c(SC(C)c2ccc(F)cc2)nc2ccc(Br)cc2c1=O. The second-order valence-corrected chi connectivity index (χ2v) is 8.04. The first-order valence-electron chi connectivity index (χ1n) is 8.10. The summed E-state index contributed by atoms with van der Waals surface area (Å²) in [7, 11) is 1.60. The number of aromatic nitrogens is 2. The van der Waals surface area contributed by atoms with E-state index in [2.05, 4.69) is 20.9 Å². The number of fused-ring (bicyclic) bond motifs is 1. The molecule has 1 atom stereocenters. The van der Waals surface area contributed by atoms with Crippen molar-refractivity contribution in [2.75, 3.05) is 13.7 Å². The number of halogens is 2. The second-order valence-electron chi connectivity index (χ2n) is 5.82. The number of ether oxygens (including phenoxy) is 1. The highest BCUT2D eigenvalue weighted by atomic mass is 79.9. The first-order chi connectivity index (χ1) is 12.5. The average Bonchev–Trinajstić information content (AvgIpc) is 2.62. The molecule has 3 rings (SSSR count). The van der Waals surface area contributed by atoms with E-state index >= 15 is 0 Å². The van der Waals surface area contributed by atoms with Crippen LogP contribution in [0.2, 0.25) is 0 Å². The van der Waals surface area contributed by atoms with Gasteiger partial charge < -0.3 is 4.74 Å². The van der Waals surface area contributed by atoms with E-state index in [1.807, 2.05) is 19.1 Å². The lowest BCUT2D eigenvalue weighted by Gasteiger charge is -2.16. The fourth-order valence-corrected chi connectivity index (χ4v) is 4.03. The Morgan fingerprint density at radius 1 is 1.27 bits per heavy atom. The highest BCUT2D eigenvalue weighted by molar-refractivity contribution is 9.10. The van der Waals surface area contributed by atoms with Gasteiger partial charge in [0.1, 0.15) is 5.82 Å². The van der Waals surface area contributed by atoms with Crippen LogP contribution in [0.1, 0.15) is 17.7 Å². The van der Waals surface area contributed by atoms with Crippen molar-refractivity contribution in [3.63, 3.8) is 0 Å². The van der Waals surface area contributed by atoms with Gasteiger partial charge in [0.2, 0.25) is 0 Å². The van der Waals surface area contributed by atoms with Gasteiger partial charge in [-0.25, -0.2) is 9.37 Å². The lowest BCUT2D eigenvalue weighted by molar-refractivity contribution is 0.183. The van der Waals surface area contributed by atoms with Crippen LogP contribution in [-0.4, -0.2) is 23.3 Å². The molecule has 26 heavy (non-hydrogen) atoms.